The number of fused-ring (bicyclic) bond motifs is 3. The highest BCUT2D eigenvalue weighted by Gasteiger charge is 2.37. The fraction of sp³-hybridized carbons (Fsp3) is 0.415. The van der Waals surface area contributed by atoms with Gasteiger partial charge in [-0.2, -0.15) is 0 Å². The number of hydrogen-bond acceptors (Lipinski definition) is 10. The van der Waals surface area contributed by atoms with E-state index in [1.54, 1.807) is 49.8 Å². The Morgan fingerprint density at radius 2 is 1.12 bits per heavy atom. The van der Waals surface area contributed by atoms with Crippen LogP contribution in [-0.4, -0.2) is 86.8 Å². The van der Waals surface area contributed by atoms with Gasteiger partial charge >= 0.3 is 0 Å². The van der Waals surface area contributed by atoms with E-state index in [9.17, 15) is 0 Å². The molecule has 0 radical (unpaired) electrons. The van der Waals surface area contributed by atoms with Gasteiger partial charge in [-0.3, -0.25) is 9.80 Å². The van der Waals surface area contributed by atoms with Gasteiger partial charge in [0.1, 0.15) is 5.75 Å². The first kappa shape index (κ1) is 34.6. The molecule has 0 aromatic heterocycles. The maximum atomic E-state index is 6.92. The number of benzene rings is 4. The van der Waals surface area contributed by atoms with E-state index in [0.29, 0.717) is 40.9 Å². The summed E-state index contributed by atoms with van der Waals surface area (Å²) in [6, 6.07) is 14.7. The molecule has 2 atom stereocenters. The van der Waals surface area contributed by atoms with Crippen molar-refractivity contribution in [3.05, 3.63) is 75.8 Å². The molecule has 0 saturated heterocycles. The first-order valence-corrected chi connectivity index (χ1v) is 17.3. The van der Waals surface area contributed by atoms with Crippen LogP contribution in [0.15, 0.2) is 42.5 Å². The van der Waals surface area contributed by atoms with Crippen molar-refractivity contribution in [2.24, 2.45) is 0 Å². The Balaban J connectivity index is 1.34. The number of ether oxygens (including phenoxy) is 8. The van der Waals surface area contributed by atoms with E-state index in [1.807, 2.05) is 12.1 Å². The lowest BCUT2D eigenvalue weighted by Crippen LogP contribution is -2.35. The summed E-state index contributed by atoms with van der Waals surface area (Å²) in [6.07, 6.45) is 3.35. The van der Waals surface area contributed by atoms with E-state index in [0.717, 1.165) is 71.9 Å². The molecule has 2 aliphatic heterocycles. The molecule has 1 aliphatic carbocycles. The van der Waals surface area contributed by atoms with Gasteiger partial charge in [0.15, 0.2) is 46.0 Å². The largest absolute Gasteiger partial charge is 0.493 e. The van der Waals surface area contributed by atoms with Crippen LogP contribution >= 0.6 is 0 Å². The molecule has 51 heavy (non-hydrogen) atoms. The third-order valence-corrected chi connectivity index (χ3v) is 10.9. The Labute approximate surface area is 300 Å². The maximum absolute atomic E-state index is 6.92. The van der Waals surface area contributed by atoms with Gasteiger partial charge in [-0.25, -0.2) is 0 Å². The molecule has 4 aromatic rings. The number of nitrogens with zero attached hydrogens (tertiary/aromatic N) is 2. The van der Waals surface area contributed by atoms with Crippen LogP contribution in [0.5, 0.6) is 51.7 Å². The van der Waals surface area contributed by atoms with Crippen LogP contribution in [0.1, 0.15) is 45.5 Å². The zero-order chi connectivity index (χ0) is 36.0. The van der Waals surface area contributed by atoms with Crippen molar-refractivity contribution in [1.82, 2.24) is 9.80 Å². The van der Waals surface area contributed by atoms with Crippen LogP contribution in [0.3, 0.4) is 0 Å². The minimum atomic E-state index is 0.0504. The van der Waals surface area contributed by atoms with Crippen molar-refractivity contribution in [3.63, 3.8) is 0 Å². The van der Waals surface area contributed by atoms with Crippen LogP contribution in [0.4, 0.5) is 0 Å². The van der Waals surface area contributed by atoms with Crippen LogP contribution in [0, 0.1) is 0 Å². The molecule has 0 bridgehead atoms. The molecule has 2 heterocycles. The highest BCUT2D eigenvalue weighted by atomic mass is 16.5. The molecule has 7 rings (SSSR count). The number of likely N-dealkylation sites (N-methyl/N-ethyl adjacent to an activating group) is 2. The molecule has 10 heteroatoms. The number of hydrogen-bond donors (Lipinski definition) is 0. The first-order valence-electron chi connectivity index (χ1n) is 17.3. The van der Waals surface area contributed by atoms with Crippen molar-refractivity contribution in [2.45, 2.75) is 37.8 Å². The lowest BCUT2D eigenvalue weighted by molar-refractivity contribution is 0.226. The molecule has 0 fully saturated rings. The third kappa shape index (κ3) is 5.94. The van der Waals surface area contributed by atoms with Gasteiger partial charge in [0.05, 0.1) is 49.8 Å². The van der Waals surface area contributed by atoms with Crippen molar-refractivity contribution in [2.75, 3.05) is 77.0 Å². The average Bonchev–Trinajstić information content (AvgIpc) is 3.16. The Hall–Kier alpha value is -4.80. The Morgan fingerprint density at radius 3 is 1.80 bits per heavy atom. The zero-order valence-electron chi connectivity index (χ0n) is 31.1. The molecule has 0 amide bonds. The monoisotopic (exact) mass is 696 g/mol. The summed E-state index contributed by atoms with van der Waals surface area (Å²) in [5, 5.41) is 0. The maximum Gasteiger partial charge on any atom is 0.169 e. The molecule has 10 nitrogen and oxygen atoms in total. The van der Waals surface area contributed by atoms with Crippen molar-refractivity contribution in [1.29, 1.82) is 0 Å². The van der Waals surface area contributed by atoms with Gasteiger partial charge in [-0.1, -0.05) is 0 Å². The molecule has 0 spiro atoms. The summed E-state index contributed by atoms with van der Waals surface area (Å²) in [7, 11) is 16.1. The van der Waals surface area contributed by atoms with Gasteiger partial charge < -0.3 is 37.9 Å². The minimum Gasteiger partial charge on any atom is -0.493 e. The molecule has 3 aliphatic rings. The Kier molecular flexibility index (Phi) is 9.56. The number of methoxy groups -OCH3 is 7. The zero-order valence-corrected chi connectivity index (χ0v) is 31.1. The predicted molar refractivity (Wildman–Crippen MR) is 196 cm³/mol. The highest BCUT2D eigenvalue weighted by Crippen LogP contribution is 2.54. The summed E-state index contributed by atoms with van der Waals surface area (Å²) in [5.41, 5.74) is 9.31. The van der Waals surface area contributed by atoms with Crippen LogP contribution < -0.4 is 37.9 Å². The predicted octanol–water partition coefficient (Wildman–Crippen LogP) is 7.06. The fourth-order valence-electron chi connectivity index (χ4n) is 8.20. The molecule has 270 valence electrons. The first-order chi connectivity index (χ1) is 24.8. The van der Waals surface area contributed by atoms with Gasteiger partial charge in [0.25, 0.3) is 0 Å². The Bertz CT molecular complexity index is 1960. The normalized spacial score (nSPS) is 17.8. The van der Waals surface area contributed by atoms with Crippen molar-refractivity contribution in [3.8, 4) is 62.9 Å². The fourth-order valence-corrected chi connectivity index (χ4v) is 8.20. The second-order valence-corrected chi connectivity index (χ2v) is 13.4. The second-order valence-electron chi connectivity index (χ2n) is 13.4. The lowest BCUT2D eigenvalue weighted by atomic mass is 9.76. The molecule has 0 saturated carbocycles. The van der Waals surface area contributed by atoms with Gasteiger partial charge in [0, 0.05) is 42.4 Å². The van der Waals surface area contributed by atoms with Crippen LogP contribution in [0.25, 0.3) is 11.1 Å². The van der Waals surface area contributed by atoms with E-state index in [4.69, 9.17) is 37.9 Å². The second kappa shape index (κ2) is 14.1. The van der Waals surface area contributed by atoms with Gasteiger partial charge in [-0.15, -0.1) is 0 Å². The molecule has 4 aromatic carbocycles. The SMILES string of the molecule is COc1cc(C[C@@H]2c3cc(OC)c(OC)cc3CCN2C)c(Oc2cc3c(cc2OC)-c2c(OC)c(OC)cc4c2[C@H](C3)N(C)CC4)cc1OC. The summed E-state index contributed by atoms with van der Waals surface area (Å²) in [5.74, 6) is 6.05. The van der Waals surface area contributed by atoms with Crippen LogP contribution in [-0.2, 0) is 25.7 Å². The van der Waals surface area contributed by atoms with Crippen molar-refractivity contribution >= 4 is 0 Å². The molecular weight excluding hydrogens is 648 g/mol. The Morgan fingerprint density at radius 1 is 0.549 bits per heavy atom. The quantitative estimate of drug-likeness (QED) is 0.163. The lowest BCUT2D eigenvalue weighted by Gasteiger charge is -2.40. The standard InChI is InChI=1S/C41H48N2O8/c1-42-12-10-23-16-32(44-3)34(46-5)20-27(23)29(42)15-26-19-33(45-4)36(48-7)22-31(26)51-37-18-25-14-30-39-24(11-13-43(30)2)17-38(49-8)41(50-9)40(39)28(25)21-35(37)47-6/h16-22,29-30H,10-15H2,1-9H3/t29-,30+/m1/s1. The topological polar surface area (TPSA) is 80.3 Å². The molecule has 0 unspecified atom stereocenters. The third-order valence-electron chi connectivity index (χ3n) is 10.9. The van der Waals surface area contributed by atoms with E-state index in [1.165, 1.54) is 22.3 Å². The van der Waals surface area contributed by atoms with E-state index in [-0.39, 0.29) is 12.1 Å². The van der Waals surface area contributed by atoms with E-state index in [2.05, 4.69) is 54.2 Å². The number of rotatable bonds is 11. The van der Waals surface area contributed by atoms with Gasteiger partial charge in [0.2, 0.25) is 0 Å². The summed E-state index contributed by atoms with van der Waals surface area (Å²) in [4.78, 5) is 4.81. The molecular formula is C41H48N2O8. The highest BCUT2D eigenvalue weighted by molar-refractivity contribution is 5.85. The van der Waals surface area contributed by atoms with E-state index < -0.39 is 0 Å². The molecule has 0 N–H and O–H groups in total. The van der Waals surface area contributed by atoms with E-state index >= 15 is 0 Å². The summed E-state index contributed by atoms with van der Waals surface area (Å²) in [6.45, 7) is 1.87. The van der Waals surface area contributed by atoms with Gasteiger partial charge in [-0.05, 0) is 110 Å². The van der Waals surface area contributed by atoms with Crippen LogP contribution in [0.2, 0.25) is 0 Å². The minimum absolute atomic E-state index is 0.0504. The smallest absolute Gasteiger partial charge is 0.169 e. The van der Waals surface area contributed by atoms with Crippen molar-refractivity contribution < 1.29 is 37.9 Å². The summed E-state index contributed by atoms with van der Waals surface area (Å²) < 4.78 is 47.8. The summed E-state index contributed by atoms with van der Waals surface area (Å²) >= 11 is 0. The average molecular weight is 697 g/mol.